The lowest BCUT2D eigenvalue weighted by Gasteiger charge is -2.37. The quantitative estimate of drug-likeness (QED) is 0.811. The molecule has 7 heteroatoms. The van der Waals surface area contributed by atoms with E-state index in [0.29, 0.717) is 5.92 Å². The topological polar surface area (TPSA) is 59.4 Å². The first-order valence-electron chi connectivity index (χ1n) is 10.1. The molecule has 1 aliphatic heterocycles. The molecule has 3 rings (SSSR count). The van der Waals surface area contributed by atoms with Gasteiger partial charge in [0.05, 0.1) is 6.07 Å². The van der Waals surface area contributed by atoms with Crippen molar-refractivity contribution in [2.45, 2.75) is 44.6 Å². The lowest BCUT2D eigenvalue weighted by atomic mass is 9.84. The second-order valence-electron chi connectivity index (χ2n) is 7.84. The van der Waals surface area contributed by atoms with Gasteiger partial charge in [-0.15, -0.1) is 0 Å². The molecule has 1 aromatic rings. The molecular formula is C21H28F2N4O. The summed E-state index contributed by atoms with van der Waals surface area (Å²) >= 11 is 0. The van der Waals surface area contributed by atoms with Crippen LogP contribution in [-0.4, -0.2) is 49.6 Å². The van der Waals surface area contributed by atoms with Gasteiger partial charge >= 0.3 is 0 Å². The molecule has 1 heterocycles. The summed E-state index contributed by atoms with van der Waals surface area (Å²) in [6.07, 6.45) is 5.32. The van der Waals surface area contributed by atoms with E-state index in [-0.39, 0.29) is 18.4 Å². The molecular weight excluding hydrogens is 362 g/mol. The van der Waals surface area contributed by atoms with E-state index >= 15 is 0 Å². The van der Waals surface area contributed by atoms with Crippen molar-refractivity contribution in [2.75, 3.05) is 37.6 Å². The Morgan fingerprint density at radius 3 is 2.46 bits per heavy atom. The van der Waals surface area contributed by atoms with Gasteiger partial charge in [0.2, 0.25) is 5.91 Å². The van der Waals surface area contributed by atoms with Crippen LogP contribution in [0.25, 0.3) is 0 Å². The molecule has 0 radical (unpaired) electrons. The Morgan fingerprint density at radius 2 is 1.82 bits per heavy atom. The molecule has 0 unspecified atom stereocenters. The minimum absolute atomic E-state index is 0.0591. The number of nitrogens with zero attached hydrogens (tertiary/aromatic N) is 3. The smallest absolute Gasteiger partial charge is 0.234 e. The molecule has 1 saturated carbocycles. The van der Waals surface area contributed by atoms with E-state index in [9.17, 15) is 13.6 Å². The summed E-state index contributed by atoms with van der Waals surface area (Å²) in [5.74, 6) is -1.07. The standard InChI is InChI=1S/C21H28F2N4O/c22-19-6-5-18(15-20(19)23)27-13-11-26(12-14-27)10-8-16-1-3-17(4-2-16)25-21(28)7-9-24/h5-6,15-17H,1-4,7-8,10-14H2,(H,25,28). The van der Waals surface area contributed by atoms with Crippen molar-refractivity contribution >= 4 is 11.6 Å². The number of carbonyl (C=O) groups is 1. The van der Waals surface area contributed by atoms with Crippen LogP contribution in [0.5, 0.6) is 0 Å². The highest BCUT2D eigenvalue weighted by Gasteiger charge is 2.24. The predicted molar refractivity (Wildman–Crippen MR) is 104 cm³/mol. The largest absolute Gasteiger partial charge is 0.369 e. The Kier molecular flexibility index (Phi) is 7.21. The minimum atomic E-state index is -0.804. The van der Waals surface area contributed by atoms with Gasteiger partial charge in [-0.05, 0) is 56.7 Å². The Labute approximate surface area is 165 Å². The molecule has 2 fully saturated rings. The fourth-order valence-electron chi connectivity index (χ4n) is 4.22. The van der Waals surface area contributed by atoms with Gasteiger partial charge in [-0.25, -0.2) is 8.78 Å². The molecule has 152 valence electrons. The number of piperazine rings is 1. The molecule has 1 N–H and O–H groups in total. The van der Waals surface area contributed by atoms with Gasteiger partial charge in [0, 0.05) is 44.0 Å². The zero-order valence-electron chi connectivity index (χ0n) is 16.2. The summed E-state index contributed by atoms with van der Waals surface area (Å²) in [6.45, 7) is 4.56. The second kappa shape index (κ2) is 9.83. The number of halogens is 2. The lowest BCUT2D eigenvalue weighted by molar-refractivity contribution is -0.121. The SMILES string of the molecule is N#CCC(=O)NC1CCC(CCN2CCN(c3ccc(F)c(F)c3)CC2)CC1. The number of nitriles is 1. The highest BCUT2D eigenvalue weighted by atomic mass is 19.2. The maximum atomic E-state index is 13.4. The maximum absolute atomic E-state index is 13.4. The number of benzene rings is 1. The second-order valence-corrected chi connectivity index (χ2v) is 7.84. The first-order chi connectivity index (χ1) is 13.5. The van der Waals surface area contributed by atoms with Crippen molar-refractivity contribution < 1.29 is 13.6 Å². The molecule has 28 heavy (non-hydrogen) atoms. The van der Waals surface area contributed by atoms with Crippen molar-refractivity contribution in [3.05, 3.63) is 29.8 Å². The monoisotopic (exact) mass is 390 g/mol. The van der Waals surface area contributed by atoms with E-state index in [1.165, 1.54) is 12.1 Å². The number of hydrogen-bond donors (Lipinski definition) is 1. The first-order valence-corrected chi connectivity index (χ1v) is 10.1. The van der Waals surface area contributed by atoms with Crippen molar-refractivity contribution in [3.63, 3.8) is 0 Å². The van der Waals surface area contributed by atoms with Gasteiger partial charge in [-0.2, -0.15) is 5.26 Å². The van der Waals surface area contributed by atoms with Gasteiger partial charge in [-0.1, -0.05) is 0 Å². The number of amides is 1. The summed E-state index contributed by atoms with van der Waals surface area (Å²) in [5, 5.41) is 11.5. The van der Waals surface area contributed by atoms with Crippen LogP contribution in [0.2, 0.25) is 0 Å². The molecule has 0 aromatic heterocycles. The molecule has 1 aromatic carbocycles. The number of carbonyl (C=O) groups excluding carboxylic acids is 1. The van der Waals surface area contributed by atoms with Crippen LogP contribution in [0.3, 0.4) is 0 Å². The van der Waals surface area contributed by atoms with E-state index in [2.05, 4.69) is 15.1 Å². The molecule has 0 atom stereocenters. The van der Waals surface area contributed by atoms with Gasteiger partial charge in [0.1, 0.15) is 6.42 Å². The van der Waals surface area contributed by atoms with E-state index in [1.807, 2.05) is 6.07 Å². The number of anilines is 1. The van der Waals surface area contributed by atoms with E-state index in [0.717, 1.165) is 70.5 Å². The number of rotatable bonds is 6. The fraction of sp³-hybridized carbons (Fsp3) is 0.619. The predicted octanol–water partition coefficient (Wildman–Crippen LogP) is 3.07. The molecule has 5 nitrogen and oxygen atoms in total. The van der Waals surface area contributed by atoms with Gasteiger partial charge < -0.3 is 10.2 Å². The lowest BCUT2D eigenvalue weighted by Crippen LogP contribution is -2.47. The third kappa shape index (κ3) is 5.65. The first kappa shape index (κ1) is 20.5. The minimum Gasteiger partial charge on any atom is -0.369 e. The van der Waals surface area contributed by atoms with Crippen molar-refractivity contribution in [2.24, 2.45) is 5.92 Å². The normalized spacial score (nSPS) is 23.2. The molecule has 1 amide bonds. The molecule has 0 bridgehead atoms. The van der Waals surface area contributed by atoms with Gasteiger partial charge in [0.25, 0.3) is 0 Å². The Balaban J connectivity index is 1.34. The fourth-order valence-corrected chi connectivity index (χ4v) is 4.22. The Hall–Kier alpha value is -2.20. The molecule has 1 aliphatic carbocycles. The summed E-state index contributed by atoms with van der Waals surface area (Å²) < 4.78 is 26.5. The Morgan fingerprint density at radius 1 is 1.11 bits per heavy atom. The van der Waals surface area contributed by atoms with Crippen LogP contribution in [0, 0.1) is 28.9 Å². The average Bonchev–Trinajstić information content (AvgIpc) is 2.70. The maximum Gasteiger partial charge on any atom is 0.234 e. The summed E-state index contributed by atoms with van der Waals surface area (Å²) in [7, 11) is 0. The van der Waals surface area contributed by atoms with Gasteiger partial charge in [-0.3, -0.25) is 9.69 Å². The van der Waals surface area contributed by atoms with Crippen LogP contribution in [-0.2, 0) is 4.79 Å². The highest BCUT2D eigenvalue weighted by molar-refractivity contribution is 5.78. The summed E-state index contributed by atoms with van der Waals surface area (Å²) in [5.41, 5.74) is 0.746. The third-order valence-corrected chi connectivity index (χ3v) is 5.95. The summed E-state index contributed by atoms with van der Waals surface area (Å²) in [4.78, 5) is 16.1. The van der Waals surface area contributed by atoms with E-state index in [1.54, 1.807) is 6.07 Å². The Bertz CT molecular complexity index is 705. The zero-order chi connectivity index (χ0) is 19.9. The highest BCUT2D eigenvalue weighted by Crippen LogP contribution is 2.27. The van der Waals surface area contributed by atoms with E-state index < -0.39 is 11.6 Å². The third-order valence-electron chi connectivity index (χ3n) is 5.95. The van der Waals surface area contributed by atoms with Crippen molar-refractivity contribution in [3.8, 4) is 6.07 Å². The van der Waals surface area contributed by atoms with Crippen molar-refractivity contribution in [1.29, 1.82) is 5.26 Å². The molecule has 1 saturated heterocycles. The molecule has 0 spiro atoms. The van der Waals surface area contributed by atoms with Gasteiger partial charge in [0.15, 0.2) is 11.6 Å². The van der Waals surface area contributed by atoms with Crippen LogP contribution in [0.15, 0.2) is 18.2 Å². The molecule has 2 aliphatic rings. The van der Waals surface area contributed by atoms with Crippen LogP contribution in [0.1, 0.15) is 38.5 Å². The number of hydrogen-bond acceptors (Lipinski definition) is 4. The van der Waals surface area contributed by atoms with Crippen molar-refractivity contribution in [1.82, 2.24) is 10.2 Å². The summed E-state index contributed by atoms with van der Waals surface area (Å²) in [6, 6.07) is 6.21. The van der Waals surface area contributed by atoms with E-state index in [4.69, 9.17) is 5.26 Å². The van der Waals surface area contributed by atoms with Crippen LogP contribution < -0.4 is 10.2 Å². The average molecular weight is 390 g/mol. The van der Waals surface area contributed by atoms with Crippen LogP contribution in [0.4, 0.5) is 14.5 Å². The van der Waals surface area contributed by atoms with Crippen LogP contribution >= 0.6 is 0 Å². The zero-order valence-corrected chi connectivity index (χ0v) is 16.2. The number of nitrogens with one attached hydrogen (secondary N) is 1.